The maximum Gasteiger partial charge on any atom is 0.164 e. The second kappa shape index (κ2) is 3.85. The second-order valence-corrected chi connectivity index (χ2v) is 4.54. The fraction of sp³-hybridized carbons (Fsp3) is 0.600. The summed E-state index contributed by atoms with van der Waals surface area (Å²) in [4.78, 5) is 11.2. The van der Waals surface area contributed by atoms with Gasteiger partial charge in [0.2, 0.25) is 0 Å². The van der Waals surface area contributed by atoms with E-state index in [-0.39, 0.29) is 5.78 Å². The van der Waals surface area contributed by atoms with Gasteiger partial charge in [-0.3, -0.25) is 9.48 Å². The lowest BCUT2D eigenvalue weighted by Gasteiger charge is -2.10. The highest BCUT2D eigenvalue weighted by molar-refractivity contribution is 9.10. The fourth-order valence-corrected chi connectivity index (χ4v) is 2.75. The molecule has 0 radical (unpaired) electrons. The van der Waals surface area contributed by atoms with Gasteiger partial charge < -0.3 is 0 Å². The van der Waals surface area contributed by atoms with E-state index in [1.165, 1.54) is 25.7 Å². The highest BCUT2D eigenvalue weighted by Gasteiger charge is 2.21. The summed E-state index contributed by atoms with van der Waals surface area (Å²) in [5.74, 6) is 0.0705. The van der Waals surface area contributed by atoms with Crippen molar-refractivity contribution in [1.29, 1.82) is 0 Å². The van der Waals surface area contributed by atoms with E-state index in [1.54, 1.807) is 13.1 Å². The molecule has 1 aromatic heterocycles. The summed E-state index contributed by atoms with van der Waals surface area (Å²) in [5.41, 5.74) is 0.692. The number of hydrogen-bond donors (Lipinski definition) is 0. The molecule has 14 heavy (non-hydrogen) atoms. The van der Waals surface area contributed by atoms with E-state index >= 15 is 0 Å². The van der Waals surface area contributed by atoms with Gasteiger partial charge in [-0.25, -0.2) is 0 Å². The molecule has 2 rings (SSSR count). The van der Waals surface area contributed by atoms with Gasteiger partial charge in [-0.1, -0.05) is 12.8 Å². The molecule has 1 saturated carbocycles. The maximum atomic E-state index is 11.2. The van der Waals surface area contributed by atoms with Crippen LogP contribution in [0.2, 0.25) is 0 Å². The third-order valence-corrected chi connectivity index (χ3v) is 3.58. The SMILES string of the molecule is CC(=O)c1cnn(C2CCCC2)c1Br. The zero-order valence-electron chi connectivity index (χ0n) is 8.16. The first kappa shape index (κ1) is 9.90. The van der Waals surface area contributed by atoms with Crippen LogP contribution in [0.25, 0.3) is 0 Å². The first-order chi connectivity index (χ1) is 6.70. The van der Waals surface area contributed by atoms with Crippen molar-refractivity contribution < 1.29 is 4.79 Å². The van der Waals surface area contributed by atoms with E-state index < -0.39 is 0 Å². The van der Waals surface area contributed by atoms with Gasteiger partial charge in [-0.05, 0) is 35.7 Å². The molecule has 1 fully saturated rings. The lowest BCUT2D eigenvalue weighted by Crippen LogP contribution is -2.07. The summed E-state index contributed by atoms with van der Waals surface area (Å²) in [7, 11) is 0. The number of carbonyl (C=O) groups is 1. The minimum atomic E-state index is 0.0705. The Balaban J connectivity index is 2.30. The van der Waals surface area contributed by atoms with Crippen molar-refractivity contribution in [2.24, 2.45) is 0 Å². The zero-order chi connectivity index (χ0) is 10.1. The molecular weight excluding hydrogens is 244 g/mol. The van der Waals surface area contributed by atoms with Gasteiger partial charge in [0.25, 0.3) is 0 Å². The number of halogens is 1. The molecule has 0 N–H and O–H groups in total. The van der Waals surface area contributed by atoms with Crippen LogP contribution in [0.4, 0.5) is 0 Å². The van der Waals surface area contributed by atoms with Crippen LogP contribution < -0.4 is 0 Å². The van der Waals surface area contributed by atoms with E-state index in [1.807, 2.05) is 4.68 Å². The van der Waals surface area contributed by atoms with Crippen molar-refractivity contribution in [1.82, 2.24) is 9.78 Å². The Morgan fingerprint density at radius 3 is 2.71 bits per heavy atom. The first-order valence-corrected chi connectivity index (χ1v) is 5.73. The quantitative estimate of drug-likeness (QED) is 0.763. The monoisotopic (exact) mass is 256 g/mol. The Kier molecular flexibility index (Phi) is 2.72. The van der Waals surface area contributed by atoms with Crippen molar-refractivity contribution in [3.63, 3.8) is 0 Å². The summed E-state index contributed by atoms with van der Waals surface area (Å²) >= 11 is 3.44. The van der Waals surface area contributed by atoms with Crippen molar-refractivity contribution >= 4 is 21.7 Å². The second-order valence-electron chi connectivity index (χ2n) is 3.79. The third-order valence-electron chi connectivity index (χ3n) is 2.78. The molecule has 0 amide bonds. The summed E-state index contributed by atoms with van der Waals surface area (Å²) in [6.07, 6.45) is 6.55. The van der Waals surface area contributed by atoms with Crippen LogP contribution in [0.5, 0.6) is 0 Å². The molecule has 0 aliphatic heterocycles. The van der Waals surface area contributed by atoms with Crippen LogP contribution in [0.1, 0.15) is 49.0 Å². The number of nitrogens with zero attached hydrogens (tertiary/aromatic N) is 2. The topological polar surface area (TPSA) is 34.9 Å². The average molecular weight is 257 g/mol. The summed E-state index contributed by atoms with van der Waals surface area (Å²) in [6, 6.07) is 0.484. The molecule has 4 heteroatoms. The van der Waals surface area contributed by atoms with E-state index in [0.717, 1.165) is 4.60 Å². The third kappa shape index (κ3) is 1.63. The molecule has 76 valence electrons. The van der Waals surface area contributed by atoms with Gasteiger partial charge in [-0.2, -0.15) is 5.10 Å². The maximum absolute atomic E-state index is 11.2. The van der Waals surface area contributed by atoms with Gasteiger partial charge in [0.15, 0.2) is 5.78 Å². The van der Waals surface area contributed by atoms with Gasteiger partial charge in [0, 0.05) is 0 Å². The van der Waals surface area contributed by atoms with Gasteiger partial charge in [0.05, 0.1) is 17.8 Å². The molecule has 1 aromatic rings. The van der Waals surface area contributed by atoms with E-state index in [2.05, 4.69) is 21.0 Å². The fourth-order valence-electron chi connectivity index (χ4n) is 1.99. The minimum absolute atomic E-state index is 0.0705. The Hall–Kier alpha value is -0.640. The number of hydrogen-bond acceptors (Lipinski definition) is 2. The number of rotatable bonds is 2. The number of Topliss-reactive ketones (excluding diaryl/α,β-unsaturated/α-hetero) is 1. The smallest absolute Gasteiger partial charge is 0.164 e. The molecule has 1 aliphatic rings. The van der Waals surface area contributed by atoms with Crippen molar-refractivity contribution in [3.05, 3.63) is 16.4 Å². The van der Waals surface area contributed by atoms with E-state index in [4.69, 9.17) is 0 Å². The number of ketones is 1. The first-order valence-electron chi connectivity index (χ1n) is 4.94. The van der Waals surface area contributed by atoms with Crippen LogP contribution in [0.3, 0.4) is 0 Å². The molecule has 3 nitrogen and oxygen atoms in total. The lowest BCUT2D eigenvalue weighted by molar-refractivity contribution is 0.101. The largest absolute Gasteiger partial charge is 0.294 e. The predicted molar refractivity (Wildman–Crippen MR) is 57.4 cm³/mol. The normalized spacial score (nSPS) is 17.6. The lowest BCUT2D eigenvalue weighted by atomic mass is 10.2. The number of aromatic nitrogens is 2. The molecule has 0 aromatic carbocycles. The highest BCUT2D eigenvalue weighted by Crippen LogP contribution is 2.32. The van der Waals surface area contributed by atoms with Gasteiger partial charge >= 0.3 is 0 Å². The molecule has 0 atom stereocenters. The van der Waals surface area contributed by atoms with E-state index in [0.29, 0.717) is 11.6 Å². The minimum Gasteiger partial charge on any atom is -0.294 e. The summed E-state index contributed by atoms with van der Waals surface area (Å²) in [6.45, 7) is 1.57. The Morgan fingerprint density at radius 2 is 2.21 bits per heavy atom. The Labute approximate surface area is 91.6 Å². The molecule has 0 bridgehead atoms. The van der Waals surface area contributed by atoms with Crippen LogP contribution in [-0.4, -0.2) is 15.6 Å². The summed E-state index contributed by atoms with van der Waals surface area (Å²) < 4.78 is 2.79. The molecule has 1 aliphatic carbocycles. The Morgan fingerprint density at radius 1 is 1.57 bits per heavy atom. The summed E-state index contributed by atoms with van der Waals surface area (Å²) in [5, 5.41) is 4.27. The number of carbonyl (C=O) groups excluding carboxylic acids is 1. The molecule has 0 saturated heterocycles. The highest BCUT2D eigenvalue weighted by atomic mass is 79.9. The van der Waals surface area contributed by atoms with E-state index in [9.17, 15) is 4.79 Å². The molecule has 0 unspecified atom stereocenters. The van der Waals surface area contributed by atoms with Crippen LogP contribution in [0, 0.1) is 0 Å². The standard InChI is InChI=1S/C10H13BrN2O/c1-7(14)9-6-12-13(10(9)11)8-4-2-3-5-8/h6,8H,2-5H2,1H3. The van der Waals surface area contributed by atoms with Crippen LogP contribution in [0.15, 0.2) is 10.8 Å². The van der Waals surface area contributed by atoms with Crippen molar-refractivity contribution in [2.45, 2.75) is 38.6 Å². The van der Waals surface area contributed by atoms with Crippen molar-refractivity contribution in [3.8, 4) is 0 Å². The van der Waals surface area contributed by atoms with Gasteiger partial charge in [0.1, 0.15) is 4.60 Å². The van der Waals surface area contributed by atoms with Crippen LogP contribution in [-0.2, 0) is 0 Å². The van der Waals surface area contributed by atoms with Crippen LogP contribution >= 0.6 is 15.9 Å². The zero-order valence-corrected chi connectivity index (χ0v) is 9.75. The molecule has 0 spiro atoms. The predicted octanol–water partition coefficient (Wildman–Crippen LogP) is 2.96. The molecular formula is C10H13BrN2O. The average Bonchev–Trinajstić information content (AvgIpc) is 2.71. The molecule has 1 heterocycles. The van der Waals surface area contributed by atoms with Crippen molar-refractivity contribution in [2.75, 3.05) is 0 Å². The van der Waals surface area contributed by atoms with Gasteiger partial charge in [-0.15, -0.1) is 0 Å². The Bertz CT molecular complexity index is 353.